The summed E-state index contributed by atoms with van der Waals surface area (Å²) >= 11 is 0. The Balaban J connectivity index is 2.12. The standard InChI is InChI=1S/C21H15F8NO/c1-9(2)14-8-31-20(30-14)13-7-11(21(27,28)29)5-3-10(13)4-6-12-15(22)17(24)19(26)18(25)16(12)23/h3-7,9,14H,8H2,1-2H3/b6-4+/t14-/m1/s1. The van der Waals surface area contributed by atoms with Gasteiger partial charge in [0, 0.05) is 5.56 Å². The van der Waals surface area contributed by atoms with Crippen LogP contribution in [-0.2, 0) is 10.9 Å². The summed E-state index contributed by atoms with van der Waals surface area (Å²) in [5, 5.41) is 0. The Morgan fingerprint density at radius 1 is 0.935 bits per heavy atom. The molecule has 0 fully saturated rings. The Morgan fingerprint density at radius 3 is 2.03 bits per heavy atom. The van der Waals surface area contributed by atoms with Crippen molar-refractivity contribution in [3.05, 3.63) is 69.5 Å². The number of nitrogens with zero attached hydrogens (tertiary/aromatic N) is 1. The highest BCUT2D eigenvalue weighted by Gasteiger charge is 2.33. The maximum atomic E-state index is 13.9. The molecule has 1 aliphatic rings. The molecule has 2 nitrogen and oxygen atoms in total. The second-order valence-corrected chi connectivity index (χ2v) is 7.17. The Kier molecular flexibility index (Phi) is 6.11. The number of ether oxygens (including phenoxy) is 1. The van der Waals surface area contributed by atoms with Crippen LogP contribution < -0.4 is 0 Å². The molecule has 1 atom stereocenters. The summed E-state index contributed by atoms with van der Waals surface area (Å²) in [5.41, 5.74) is -2.38. The van der Waals surface area contributed by atoms with E-state index in [0.29, 0.717) is 6.08 Å². The van der Waals surface area contributed by atoms with Crippen molar-refractivity contribution >= 4 is 18.0 Å². The molecule has 0 aromatic heterocycles. The maximum Gasteiger partial charge on any atom is 0.416 e. The third kappa shape index (κ3) is 4.42. The lowest BCUT2D eigenvalue weighted by molar-refractivity contribution is -0.137. The van der Waals surface area contributed by atoms with Gasteiger partial charge in [-0.3, -0.25) is 0 Å². The van der Waals surface area contributed by atoms with E-state index >= 15 is 0 Å². The highest BCUT2D eigenvalue weighted by atomic mass is 19.4. The highest BCUT2D eigenvalue weighted by Crippen LogP contribution is 2.33. The fourth-order valence-corrected chi connectivity index (χ4v) is 2.88. The molecule has 0 N–H and O–H groups in total. The zero-order valence-corrected chi connectivity index (χ0v) is 16.1. The zero-order chi connectivity index (χ0) is 23.1. The summed E-state index contributed by atoms with van der Waals surface area (Å²) in [5.74, 6) is -10.8. The van der Waals surface area contributed by atoms with Crippen molar-refractivity contribution in [2.45, 2.75) is 26.1 Å². The van der Waals surface area contributed by atoms with E-state index in [-0.39, 0.29) is 35.6 Å². The number of halogens is 8. The van der Waals surface area contributed by atoms with Gasteiger partial charge in [0.05, 0.1) is 17.2 Å². The van der Waals surface area contributed by atoms with Crippen LogP contribution >= 0.6 is 0 Å². The normalized spacial score (nSPS) is 16.9. The minimum absolute atomic E-state index is 0.0138. The Bertz CT molecular complexity index is 1040. The van der Waals surface area contributed by atoms with Gasteiger partial charge in [0.2, 0.25) is 11.7 Å². The van der Waals surface area contributed by atoms with Crippen LogP contribution in [0, 0.1) is 35.0 Å². The molecular formula is C21H15F8NO. The van der Waals surface area contributed by atoms with Crippen molar-refractivity contribution in [2.24, 2.45) is 10.9 Å². The fourth-order valence-electron chi connectivity index (χ4n) is 2.88. The van der Waals surface area contributed by atoms with Crippen LogP contribution in [0.5, 0.6) is 0 Å². The van der Waals surface area contributed by atoms with Gasteiger partial charge in [0.15, 0.2) is 23.3 Å². The Labute approximate surface area is 171 Å². The van der Waals surface area contributed by atoms with Gasteiger partial charge >= 0.3 is 6.18 Å². The Hall–Kier alpha value is -2.91. The van der Waals surface area contributed by atoms with Crippen molar-refractivity contribution in [1.29, 1.82) is 0 Å². The van der Waals surface area contributed by atoms with Gasteiger partial charge in [0.25, 0.3) is 0 Å². The SMILES string of the molecule is CC(C)[C@H]1COC(c2cc(C(F)(F)F)ccc2/C=C/c2c(F)c(F)c(F)c(F)c2F)=N1. The van der Waals surface area contributed by atoms with Crippen molar-refractivity contribution < 1.29 is 39.9 Å². The van der Waals surface area contributed by atoms with Gasteiger partial charge in [0.1, 0.15) is 6.61 Å². The van der Waals surface area contributed by atoms with Gasteiger partial charge in [-0.25, -0.2) is 26.9 Å². The molecule has 2 aromatic carbocycles. The van der Waals surface area contributed by atoms with Gasteiger partial charge < -0.3 is 4.74 Å². The predicted molar refractivity (Wildman–Crippen MR) is 97.7 cm³/mol. The largest absolute Gasteiger partial charge is 0.475 e. The highest BCUT2D eigenvalue weighted by molar-refractivity contribution is 5.99. The van der Waals surface area contributed by atoms with E-state index in [2.05, 4.69) is 4.99 Å². The van der Waals surface area contributed by atoms with E-state index in [4.69, 9.17) is 4.74 Å². The zero-order valence-electron chi connectivity index (χ0n) is 16.1. The molecule has 0 saturated carbocycles. The minimum Gasteiger partial charge on any atom is -0.475 e. The summed E-state index contributed by atoms with van der Waals surface area (Å²) in [4.78, 5) is 4.25. The first-order valence-corrected chi connectivity index (χ1v) is 9.03. The summed E-state index contributed by atoms with van der Waals surface area (Å²) in [6.07, 6.45) is -3.16. The number of benzene rings is 2. The molecule has 0 spiro atoms. The lowest BCUT2D eigenvalue weighted by Crippen LogP contribution is -2.13. The van der Waals surface area contributed by atoms with Gasteiger partial charge in [-0.15, -0.1) is 0 Å². The molecule has 0 unspecified atom stereocenters. The number of hydrogen-bond acceptors (Lipinski definition) is 2. The molecule has 0 saturated heterocycles. The molecule has 0 amide bonds. The summed E-state index contributed by atoms with van der Waals surface area (Å²) in [7, 11) is 0. The molecule has 10 heteroatoms. The maximum absolute atomic E-state index is 13.9. The quantitative estimate of drug-likeness (QED) is 0.230. The van der Waals surface area contributed by atoms with Crippen LogP contribution in [0.1, 0.15) is 36.1 Å². The van der Waals surface area contributed by atoms with Crippen molar-refractivity contribution in [1.82, 2.24) is 0 Å². The smallest absolute Gasteiger partial charge is 0.416 e. The van der Waals surface area contributed by atoms with Crippen LogP contribution in [0.3, 0.4) is 0 Å². The molecule has 1 heterocycles. The first-order valence-electron chi connectivity index (χ1n) is 9.03. The average Bonchev–Trinajstić information content (AvgIpc) is 3.20. The monoisotopic (exact) mass is 449 g/mol. The minimum atomic E-state index is -4.69. The number of hydrogen-bond donors (Lipinski definition) is 0. The van der Waals surface area contributed by atoms with E-state index in [1.165, 1.54) is 0 Å². The number of alkyl halides is 3. The lowest BCUT2D eigenvalue weighted by atomic mass is 10.0. The molecular weight excluding hydrogens is 434 g/mol. The topological polar surface area (TPSA) is 21.6 Å². The van der Waals surface area contributed by atoms with Crippen LogP contribution in [0.4, 0.5) is 35.1 Å². The van der Waals surface area contributed by atoms with Crippen LogP contribution in [0.2, 0.25) is 0 Å². The Morgan fingerprint density at radius 2 is 1.52 bits per heavy atom. The summed E-state index contributed by atoms with van der Waals surface area (Å²) < 4.78 is 113. The number of aliphatic imine (C=N–C) groups is 1. The van der Waals surface area contributed by atoms with E-state index in [0.717, 1.165) is 24.3 Å². The second kappa shape index (κ2) is 8.32. The summed E-state index contributed by atoms with van der Waals surface area (Å²) in [6, 6.07) is 2.16. The molecule has 0 radical (unpaired) electrons. The van der Waals surface area contributed by atoms with Gasteiger partial charge in [-0.1, -0.05) is 26.0 Å². The van der Waals surface area contributed by atoms with E-state index in [9.17, 15) is 35.1 Å². The second-order valence-electron chi connectivity index (χ2n) is 7.17. The van der Waals surface area contributed by atoms with Crippen molar-refractivity contribution in [3.63, 3.8) is 0 Å². The fraction of sp³-hybridized carbons (Fsp3) is 0.286. The molecule has 166 valence electrons. The third-order valence-corrected chi connectivity index (χ3v) is 4.73. The molecule has 3 rings (SSSR count). The predicted octanol–water partition coefficient (Wildman–Crippen LogP) is 6.37. The van der Waals surface area contributed by atoms with E-state index in [1.807, 2.05) is 13.8 Å². The summed E-state index contributed by atoms with van der Waals surface area (Å²) in [6.45, 7) is 3.82. The van der Waals surface area contributed by atoms with Crippen LogP contribution in [0.15, 0.2) is 23.2 Å². The van der Waals surface area contributed by atoms with E-state index < -0.39 is 46.4 Å². The third-order valence-electron chi connectivity index (χ3n) is 4.73. The lowest BCUT2D eigenvalue weighted by Gasteiger charge is -2.12. The molecule has 0 aliphatic carbocycles. The van der Waals surface area contributed by atoms with Gasteiger partial charge in [-0.2, -0.15) is 13.2 Å². The molecule has 31 heavy (non-hydrogen) atoms. The number of rotatable bonds is 4. The van der Waals surface area contributed by atoms with Gasteiger partial charge in [-0.05, 0) is 29.7 Å². The van der Waals surface area contributed by atoms with E-state index in [1.54, 1.807) is 0 Å². The van der Waals surface area contributed by atoms with Crippen molar-refractivity contribution in [3.8, 4) is 0 Å². The van der Waals surface area contributed by atoms with Crippen molar-refractivity contribution in [2.75, 3.05) is 6.61 Å². The first-order chi connectivity index (χ1) is 14.4. The van der Waals surface area contributed by atoms with Crippen LogP contribution in [-0.4, -0.2) is 18.5 Å². The molecule has 1 aliphatic heterocycles. The molecule has 2 aromatic rings. The average molecular weight is 449 g/mol. The first kappa shape index (κ1) is 22.8. The molecule has 0 bridgehead atoms. The van der Waals surface area contributed by atoms with Crippen LogP contribution in [0.25, 0.3) is 12.2 Å².